The smallest absolute Gasteiger partial charge is 0.329 e. The molecule has 1 heterocycles. The standard InChI is InChI=1S/C15H18IN3O5/c1-23-12-6-9(5-11(16)13(12)20)7-18-19-15(22)14(21)17-8-10-3-2-4-24-10/h5-7,10,20H,2-4,8H2,1H3,(H,17,21)(H,19,22)/b18-7+/t10-/m1/s1. The maximum Gasteiger partial charge on any atom is 0.329 e. The van der Waals surface area contributed by atoms with Gasteiger partial charge in [0.2, 0.25) is 0 Å². The Morgan fingerprint density at radius 3 is 2.96 bits per heavy atom. The normalized spacial score (nSPS) is 17.0. The van der Waals surface area contributed by atoms with Crippen molar-refractivity contribution in [1.29, 1.82) is 0 Å². The third kappa shape index (κ3) is 5.06. The first-order chi connectivity index (χ1) is 11.5. The second kappa shape index (κ2) is 8.83. The first-order valence-electron chi connectivity index (χ1n) is 7.30. The van der Waals surface area contributed by atoms with Crippen LogP contribution in [0.4, 0.5) is 0 Å². The molecule has 1 aromatic carbocycles. The van der Waals surface area contributed by atoms with E-state index in [-0.39, 0.29) is 11.9 Å². The molecule has 1 fully saturated rings. The zero-order chi connectivity index (χ0) is 17.5. The van der Waals surface area contributed by atoms with Gasteiger partial charge >= 0.3 is 11.8 Å². The molecular weight excluding hydrogens is 429 g/mol. The Balaban J connectivity index is 1.85. The van der Waals surface area contributed by atoms with E-state index in [2.05, 4.69) is 15.8 Å². The molecule has 2 rings (SSSR count). The Kier molecular flexibility index (Phi) is 6.79. The van der Waals surface area contributed by atoms with Crippen LogP contribution in [0.25, 0.3) is 0 Å². The van der Waals surface area contributed by atoms with Crippen LogP contribution < -0.4 is 15.5 Å². The molecule has 1 aromatic rings. The number of hydrazone groups is 1. The van der Waals surface area contributed by atoms with Crippen molar-refractivity contribution >= 4 is 40.6 Å². The quantitative estimate of drug-likeness (QED) is 0.267. The summed E-state index contributed by atoms with van der Waals surface area (Å²) in [5.74, 6) is -1.29. The van der Waals surface area contributed by atoms with Gasteiger partial charge in [-0.1, -0.05) is 0 Å². The maximum atomic E-state index is 11.6. The maximum absolute atomic E-state index is 11.6. The molecule has 0 unspecified atom stereocenters. The van der Waals surface area contributed by atoms with Gasteiger partial charge in [-0.15, -0.1) is 0 Å². The molecule has 0 saturated carbocycles. The highest BCUT2D eigenvalue weighted by molar-refractivity contribution is 14.1. The number of halogens is 1. The van der Waals surface area contributed by atoms with Gasteiger partial charge < -0.3 is 19.9 Å². The molecule has 24 heavy (non-hydrogen) atoms. The minimum atomic E-state index is -0.857. The molecule has 2 amide bonds. The number of phenols is 1. The Morgan fingerprint density at radius 1 is 1.50 bits per heavy atom. The van der Waals surface area contributed by atoms with E-state index in [4.69, 9.17) is 9.47 Å². The van der Waals surface area contributed by atoms with Gasteiger partial charge in [0.15, 0.2) is 11.5 Å². The highest BCUT2D eigenvalue weighted by Crippen LogP contribution is 2.31. The van der Waals surface area contributed by atoms with Gasteiger partial charge in [-0.05, 0) is 53.1 Å². The minimum Gasteiger partial charge on any atom is -0.504 e. The number of nitrogens with one attached hydrogen (secondary N) is 2. The summed E-state index contributed by atoms with van der Waals surface area (Å²) in [7, 11) is 1.44. The van der Waals surface area contributed by atoms with E-state index < -0.39 is 11.8 Å². The van der Waals surface area contributed by atoms with Crippen molar-refractivity contribution in [1.82, 2.24) is 10.7 Å². The van der Waals surface area contributed by atoms with Gasteiger partial charge in [0.25, 0.3) is 0 Å². The molecule has 130 valence electrons. The summed E-state index contributed by atoms with van der Waals surface area (Å²) >= 11 is 1.95. The number of phenolic OH excluding ortho intramolecular Hbond substituents is 1. The number of methoxy groups -OCH3 is 1. The fourth-order valence-electron chi connectivity index (χ4n) is 2.13. The number of carbonyl (C=O) groups excluding carboxylic acids is 2. The molecule has 1 saturated heterocycles. The average molecular weight is 447 g/mol. The number of hydrogen-bond donors (Lipinski definition) is 3. The van der Waals surface area contributed by atoms with E-state index in [9.17, 15) is 14.7 Å². The molecule has 0 aliphatic carbocycles. The molecule has 3 N–H and O–H groups in total. The number of ether oxygens (including phenoxy) is 2. The zero-order valence-electron chi connectivity index (χ0n) is 13.0. The van der Waals surface area contributed by atoms with Crippen molar-refractivity contribution in [2.24, 2.45) is 5.10 Å². The van der Waals surface area contributed by atoms with E-state index in [1.165, 1.54) is 13.3 Å². The Hall–Kier alpha value is -1.88. The summed E-state index contributed by atoms with van der Waals surface area (Å²) in [6.07, 6.45) is 3.17. The van der Waals surface area contributed by atoms with Gasteiger partial charge in [-0.25, -0.2) is 5.43 Å². The minimum absolute atomic E-state index is 0.0308. The summed E-state index contributed by atoms with van der Waals surface area (Å²) < 4.78 is 11.0. The number of hydrogen-bond acceptors (Lipinski definition) is 6. The summed E-state index contributed by atoms with van der Waals surface area (Å²) in [6, 6.07) is 3.22. The average Bonchev–Trinajstić information content (AvgIpc) is 3.09. The molecule has 0 spiro atoms. The predicted octanol–water partition coefficient (Wildman–Crippen LogP) is 0.751. The molecule has 1 aliphatic rings. The molecular formula is C15H18IN3O5. The lowest BCUT2D eigenvalue weighted by atomic mass is 10.2. The first kappa shape index (κ1) is 18.5. The second-order valence-electron chi connectivity index (χ2n) is 5.10. The highest BCUT2D eigenvalue weighted by atomic mass is 127. The van der Waals surface area contributed by atoms with Crippen LogP contribution in [0, 0.1) is 3.57 Å². The van der Waals surface area contributed by atoms with Crippen LogP contribution >= 0.6 is 22.6 Å². The summed E-state index contributed by atoms with van der Waals surface area (Å²) in [6.45, 7) is 0.995. The van der Waals surface area contributed by atoms with Crippen molar-refractivity contribution in [3.8, 4) is 11.5 Å². The molecule has 1 aliphatic heterocycles. The van der Waals surface area contributed by atoms with E-state index in [1.807, 2.05) is 22.6 Å². The van der Waals surface area contributed by atoms with Crippen LogP contribution in [0.2, 0.25) is 0 Å². The number of benzene rings is 1. The topological polar surface area (TPSA) is 109 Å². The molecule has 9 heteroatoms. The third-order valence-corrected chi connectivity index (χ3v) is 4.19. The third-order valence-electron chi connectivity index (χ3n) is 3.37. The van der Waals surface area contributed by atoms with Crippen LogP contribution in [0.3, 0.4) is 0 Å². The van der Waals surface area contributed by atoms with Gasteiger partial charge in [-0.3, -0.25) is 9.59 Å². The van der Waals surface area contributed by atoms with Crippen LogP contribution in [-0.2, 0) is 14.3 Å². The lowest BCUT2D eigenvalue weighted by Gasteiger charge is -2.09. The molecule has 0 bridgehead atoms. The van der Waals surface area contributed by atoms with Crippen LogP contribution in [0.1, 0.15) is 18.4 Å². The lowest BCUT2D eigenvalue weighted by Crippen LogP contribution is -2.41. The molecule has 1 atom stereocenters. The van der Waals surface area contributed by atoms with Crippen molar-refractivity contribution in [2.45, 2.75) is 18.9 Å². The fourth-order valence-corrected chi connectivity index (χ4v) is 2.76. The van der Waals surface area contributed by atoms with E-state index >= 15 is 0 Å². The van der Waals surface area contributed by atoms with E-state index in [0.717, 1.165) is 12.8 Å². The number of amides is 2. The van der Waals surface area contributed by atoms with Crippen molar-refractivity contribution in [3.05, 3.63) is 21.3 Å². The highest BCUT2D eigenvalue weighted by Gasteiger charge is 2.19. The van der Waals surface area contributed by atoms with Crippen molar-refractivity contribution in [3.63, 3.8) is 0 Å². The Labute approximate surface area is 152 Å². The number of carbonyl (C=O) groups is 2. The number of nitrogens with zero attached hydrogens (tertiary/aromatic N) is 1. The predicted molar refractivity (Wildman–Crippen MR) is 95.1 cm³/mol. The second-order valence-corrected chi connectivity index (χ2v) is 6.26. The van der Waals surface area contributed by atoms with E-state index in [0.29, 0.717) is 28.0 Å². The molecule has 0 radical (unpaired) electrons. The van der Waals surface area contributed by atoms with Crippen LogP contribution in [-0.4, -0.2) is 49.5 Å². The van der Waals surface area contributed by atoms with Gasteiger partial charge in [-0.2, -0.15) is 5.10 Å². The summed E-state index contributed by atoms with van der Waals surface area (Å²) in [5, 5.41) is 16.0. The lowest BCUT2D eigenvalue weighted by molar-refractivity contribution is -0.139. The first-order valence-corrected chi connectivity index (χ1v) is 8.38. The largest absolute Gasteiger partial charge is 0.504 e. The molecule has 8 nitrogen and oxygen atoms in total. The van der Waals surface area contributed by atoms with Gasteiger partial charge in [0, 0.05) is 13.2 Å². The summed E-state index contributed by atoms with van der Waals surface area (Å²) in [4.78, 5) is 23.3. The zero-order valence-corrected chi connectivity index (χ0v) is 15.2. The van der Waals surface area contributed by atoms with Crippen molar-refractivity contribution in [2.75, 3.05) is 20.3 Å². The van der Waals surface area contributed by atoms with Gasteiger partial charge in [0.05, 0.1) is 23.0 Å². The van der Waals surface area contributed by atoms with Gasteiger partial charge in [0.1, 0.15) is 0 Å². The monoisotopic (exact) mass is 447 g/mol. The van der Waals surface area contributed by atoms with Crippen LogP contribution in [0.5, 0.6) is 11.5 Å². The summed E-state index contributed by atoms with van der Waals surface area (Å²) in [5.41, 5.74) is 2.76. The SMILES string of the molecule is COc1cc(/C=N/NC(=O)C(=O)NC[C@H]2CCCO2)cc(I)c1O. The Bertz CT molecular complexity index is 644. The van der Waals surface area contributed by atoms with Crippen molar-refractivity contribution < 1.29 is 24.2 Å². The van der Waals surface area contributed by atoms with Crippen LogP contribution in [0.15, 0.2) is 17.2 Å². The molecule has 0 aromatic heterocycles. The number of rotatable bonds is 5. The van der Waals surface area contributed by atoms with E-state index in [1.54, 1.807) is 12.1 Å². The Morgan fingerprint density at radius 2 is 2.29 bits per heavy atom. The number of aromatic hydroxyl groups is 1. The fraction of sp³-hybridized carbons (Fsp3) is 0.400.